The summed E-state index contributed by atoms with van der Waals surface area (Å²) in [4.78, 5) is 14.2. The normalized spacial score (nSPS) is 17.9. The monoisotopic (exact) mass is 327 g/mol. The van der Waals surface area contributed by atoms with Gasteiger partial charge in [0.15, 0.2) is 0 Å². The first-order chi connectivity index (χ1) is 11.7. The molecule has 2 heterocycles. The van der Waals surface area contributed by atoms with Crippen molar-refractivity contribution in [3.63, 3.8) is 0 Å². The molecule has 0 bridgehead atoms. The number of ether oxygens (including phenoxy) is 1. The minimum Gasteiger partial charge on any atom is -0.384 e. The molecule has 24 heavy (non-hydrogen) atoms. The van der Waals surface area contributed by atoms with Crippen molar-refractivity contribution in [1.29, 1.82) is 0 Å². The second kappa shape index (κ2) is 7.62. The van der Waals surface area contributed by atoms with Crippen molar-refractivity contribution in [2.24, 2.45) is 0 Å². The summed E-state index contributed by atoms with van der Waals surface area (Å²) in [6.45, 7) is 4.17. The molecule has 0 spiro atoms. The number of carbonyl (C=O) groups is 1. The van der Waals surface area contributed by atoms with E-state index in [1.54, 1.807) is 7.11 Å². The molecule has 0 saturated carbocycles. The second-order valence-electron chi connectivity index (χ2n) is 6.49. The van der Waals surface area contributed by atoms with Gasteiger partial charge in [0, 0.05) is 37.4 Å². The summed E-state index contributed by atoms with van der Waals surface area (Å²) in [5.74, 6) is 0.488. The van der Waals surface area contributed by atoms with Gasteiger partial charge in [0.05, 0.1) is 19.2 Å². The number of benzene rings is 1. The van der Waals surface area contributed by atoms with E-state index in [-0.39, 0.29) is 5.91 Å². The Labute approximate surface area is 143 Å². The molecule has 1 amide bonds. The minimum atomic E-state index is 0.179. The molecule has 128 valence electrons. The van der Waals surface area contributed by atoms with Crippen LogP contribution in [0.3, 0.4) is 0 Å². The molecule has 0 aliphatic carbocycles. The molecule has 3 rings (SSSR count). The third-order valence-electron chi connectivity index (χ3n) is 4.73. The highest BCUT2D eigenvalue weighted by molar-refractivity contribution is 5.76. The summed E-state index contributed by atoms with van der Waals surface area (Å²) < 4.78 is 5.03. The molecule has 0 unspecified atom stereocenters. The fourth-order valence-electron chi connectivity index (χ4n) is 3.36. The maximum Gasteiger partial charge on any atom is 0.224 e. The topological polar surface area (TPSA) is 58.2 Å². The molecule has 1 aliphatic rings. The fraction of sp³-hybridized carbons (Fsp3) is 0.474. The average molecular weight is 327 g/mol. The van der Waals surface area contributed by atoms with Gasteiger partial charge in [0.1, 0.15) is 0 Å². The van der Waals surface area contributed by atoms with Crippen molar-refractivity contribution in [3.05, 3.63) is 41.7 Å². The van der Waals surface area contributed by atoms with Gasteiger partial charge < -0.3 is 9.64 Å². The molecule has 5 nitrogen and oxygen atoms in total. The van der Waals surface area contributed by atoms with E-state index in [0.717, 1.165) is 37.2 Å². The van der Waals surface area contributed by atoms with E-state index in [1.165, 1.54) is 11.1 Å². The molecular weight excluding hydrogens is 302 g/mol. The molecule has 1 N–H and O–H groups in total. The second-order valence-corrected chi connectivity index (χ2v) is 6.49. The number of nitrogens with zero attached hydrogens (tertiary/aromatic N) is 2. The Bertz CT molecular complexity index is 678. The Kier molecular flexibility index (Phi) is 5.30. The Morgan fingerprint density at radius 1 is 1.38 bits per heavy atom. The van der Waals surface area contributed by atoms with E-state index < -0.39 is 0 Å². The highest BCUT2D eigenvalue weighted by Crippen LogP contribution is 2.33. The summed E-state index contributed by atoms with van der Waals surface area (Å²) in [5, 5.41) is 7.45. The van der Waals surface area contributed by atoms with Gasteiger partial charge in [-0.3, -0.25) is 9.89 Å². The van der Waals surface area contributed by atoms with Gasteiger partial charge in [-0.2, -0.15) is 5.10 Å². The van der Waals surface area contributed by atoms with Crippen LogP contribution >= 0.6 is 0 Å². The van der Waals surface area contributed by atoms with E-state index in [1.807, 2.05) is 11.1 Å². The van der Waals surface area contributed by atoms with Crippen LogP contribution in [0.4, 0.5) is 0 Å². The maximum atomic E-state index is 12.3. The Morgan fingerprint density at radius 3 is 2.92 bits per heavy atom. The number of hydrogen-bond acceptors (Lipinski definition) is 3. The number of H-pyrrole nitrogens is 1. The van der Waals surface area contributed by atoms with E-state index in [4.69, 9.17) is 4.74 Å². The summed E-state index contributed by atoms with van der Waals surface area (Å²) >= 11 is 0. The first kappa shape index (κ1) is 16.7. The van der Waals surface area contributed by atoms with Crippen molar-refractivity contribution in [2.75, 3.05) is 26.8 Å². The average Bonchev–Trinajstić information content (AvgIpc) is 3.10. The van der Waals surface area contributed by atoms with Crippen LogP contribution in [0.5, 0.6) is 0 Å². The number of hydrogen-bond donors (Lipinski definition) is 1. The standard InChI is InChI=1S/C19H25N3O2/c1-14-5-7-15(8-6-14)17-12-20-21-19(17)16-4-3-10-22(13-16)18(23)9-11-24-2/h5-8,12,16H,3-4,9-11,13H2,1-2H3,(H,20,21)/t16-/m1/s1. The molecule has 1 fully saturated rings. The van der Waals surface area contributed by atoms with Crippen LogP contribution in [0.2, 0.25) is 0 Å². The highest BCUT2D eigenvalue weighted by Gasteiger charge is 2.27. The van der Waals surface area contributed by atoms with E-state index in [2.05, 4.69) is 41.4 Å². The van der Waals surface area contributed by atoms with Crippen molar-refractivity contribution in [3.8, 4) is 11.1 Å². The van der Waals surface area contributed by atoms with E-state index in [0.29, 0.717) is 18.9 Å². The predicted molar refractivity (Wildman–Crippen MR) is 93.8 cm³/mol. The number of carbonyl (C=O) groups excluding carboxylic acids is 1. The SMILES string of the molecule is COCCC(=O)N1CCC[C@@H](c2[nH]ncc2-c2ccc(C)cc2)C1. The third-order valence-corrected chi connectivity index (χ3v) is 4.73. The van der Waals surface area contributed by atoms with Crippen LogP contribution in [0.25, 0.3) is 11.1 Å². The number of nitrogens with one attached hydrogen (secondary N) is 1. The lowest BCUT2D eigenvalue weighted by molar-refractivity contribution is -0.133. The number of amides is 1. The number of aromatic amines is 1. The van der Waals surface area contributed by atoms with Gasteiger partial charge in [0.25, 0.3) is 0 Å². The van der Waals surface area contributed by atoms with Gasteiger partial charge in [-0.05, 0) is 25.3 Å². The Morgan fingerprint density at radius 2 is 2.17 bits per heavy atom. The summed E-state index contributed by atoms with van der Waals surface area (Å²) in [5.41, 5.74) is 4.71. The van der Waals surface area contributed by atoms with Crippen molar-refractivity contribution < 1.29 is 9.53 Å². The first-order valence-corrected chi connectivity index (χ1v) is 8.56. The molecule has 5 heteroatoms. The van der Waals surface area contributed by atoms with Crippen LogP contribution in [0, 0.1) is 6.92 Å². The molecule has 0 radical (unpaired) electrons. The highest BCUT2D eigenvalue weighted by atomic mass is 16.5. The zero-order chi connectivity index (χ0) is 16.9. The molecule has 1 atom stereocenters. The van der Waals surface area contributed by atoms with Crippen LogP contribution in [0.1, 0.15) is 36.4 Å². The van der Waals surface area contributed by atoms with Crippen molar-refractivity contribution in [1.82, 2.24) is 15.1 Å². The van der Waals surface area contributed by atoms with Gasteiger partial charge in [-0.15, -0.1) is 0 Å². The molecule has 1 aromatic carbocycles. The lowest BCUT2D eigenvalue weighted by Gasteiger charge is -2.32. The molecule has 2 aromatic rings. The predicted octanol–water partition coefficient (Wildman–Crippen LogP) is 3.13. The first-order valence-electron chi connectivity index (χ1n) is 8.56. The van der Waals surface area contributed by atoms with Crippen LogP contribution in [0.15, 0.2) is 30.5 Å². The van der Waals surface area contributed by atoms with Gasteiger partial charge >= 0.3 is 0 Å². The van der Waals surface area contributed by atoms with Crippen molar-refractivity contribution >= 4 is 5.91 Å². The quantitative estimate of drug-likeness (QED) is 0.918. The number of piperidine rings is 1. The van der Waals surface area contributed by atoms with Crippen LogP contribution in [-0.2, 0) is 9.53 Å². The lowest BCUT2D eigenvalue weighted by atomic mass is 9.90. The molecule has 1 aromatic heterocycles. The minimum absolute atomic E-state index is 0.179. The molecular formula is C19H25N3O2. The van der Waals surface area contributed by atoms with Gasteiger partial charge in [0.2, 0.25) is 5.91 Å². The molecule has 1 aliphatic heterocycles. The summed E-state index contributed by atoms with van der Waals surface area (Å²) in [7, 11) is 1.63. The summed E-state index contributed by atoms with van der Waals surface area (Å²) in [6, 6.07) is 8.50. The smallest absolute Gasteiger partial charge is 0.224 e. The van der Waals surface area contributed by atoms with Gasteiger partial charge in [-0.1, -0.05) is 29.8 Å². The Hall–Kier alpha value is -2.14. The van der Waals surface area contributed by atoms with Gasteiger partial charge in [-0.25, -0.2) is 0 Å². The lowest BCUT2D eigenvalue weighted by Crippen LogP contribution is -2.39. The fourth-order valence-corrected chi connectivity index (χ4v) is 3.36. The van der Waals surface area contributed by atoms with Crippen LogP contribution in [-0.4, -0.2) is 47.8 Å². The zero-order valence-electron chi connectivity index (χ0n) is 14.4. The van der Waals surface area contributed by atoms with Crippen molar-refractivity contribution in [2.45, 2.75) is 32.1 Å². The zero-order valence-corrected chi connectivity index (χ0v) is 14.4. The van der Waals surface area contributed by atoms with Crippen LogP contribution < -0.4 is 0 Å². The third kappa shape index (κ3) is 3.67. The van der Waals surface area contributed by atoms with E-state index >= 15 is 0 Å². The summed E-state index contributed by atoms with van der Waals surface area (Å²) in [6.07, 6.45) is 4.45. The number of likely N-dealkylation sites (tertiary alicyclic amines) is 1. The number of aromatic nitrogens is 2. The number of methoxy groups -OCH3 is 1. The largest absolute Gasteiger partial charge is 0.384 e. The number of rotatable bonds is 5. The Balaban J connectivity index is 1.76. The maximum absolute atomic E-state index is 12.3. The molecule has 1 saturated heterocycles. The number of aryl methyl sites for hydroxylation is 1. The van der Waals surface area contributed by atoms with E-state index in [9.17, 15) is 4.79 Å².